The number of imide groups is 1. The van der Waals surface area contributed by atoms with Gasteiger partial charge in [0.1, 0.15) is 5.54 Å². The second-order valence-electron chi connectivity index (χ2n) is 7.33. The minimum Gasteiger partial charge on any atom is -0.338 e. The third-order valence-electron chi connectivity index (χ3n) is 5.37. The molecular formula is C21H19BrN4O4. The summed E-state index contributed by atoms with van der Waals surface area (Å²) in [6.45, 7) is 0.697. The molecule has 4 rings (SSSR count). The zero-order valence-corrected chi connectivity index (χ0v) is 17.5. The molecule has 2 fully saturated rings. The molecular weight excluding hydrogens is 452 g/mol. The molecule has 2 aliphatic rings. The number of amides is 5. The number of likely N-dealkylation sites (tertiary alicyclic amines) is 1. The third kappa shape index (κ3) is 3.93. The zero-order chi connectivity index (χ0) is 21.3. The molecule has 30 heavy (non-hydrogen) atoms. The van der Waals surface area contributed by atoms with E-state index in [0.717, 1.165) is 4.47 Å². The Morgan fingerprint density at radius 2 is 1.70 bits per heavy atom. The highest BCUT2D eigenvalue weighted by Crippen LogP contribution is 2.27. The van der Waals surface area contributed by atoms with Crippen LogP contribution in [0.1, 0.15) is 33.6 Å². The lowest BCUT2D eigenvalue weighted by Gasteiger charge is -2.37. The fourth-order valence-electron chi connectivity index (χ4n) is 3.72. The summed E-state index contributed by atoms with van der Waals surface area (Å²) in [5.41, 5.74) is 0.534. The molecule has 2 heterocycles. The highest BCUT2D eigenvalue weighted by molar-refractivity contribution is 9.10. The van der Waals surface area contributed by atoms with Gasteiger partial charge in [-0.15, -0.1) is 0 Å². The van der Waals surface area contributed by atoms with Crippen LogP contribution in [0.5, 0.6) is 0 Å². The molecule has 0 bridgehead atoms. The maximum atomic E-state index is 12.9. The first-order chi connectivity index (χ1) is 14.4. The van der Waals surface area contributed by atoms with E-state index >= 15 is 0 Å². The minimum atomic E-state index is -0.923. The molecule has 0 aliphatic carbocycles. The lowest BCUT2D eigenvalue weighted by molar-refractivity contribution is -0.125. The fourth-order valence-corrected chi connectivity index (χ4v) is 4.12. The molecule has 5 amide bonds. The quantitative estimate of drug-likeness (QED) is 0.598. The molecule has 0 radical (unpaired) electrons. The Hall–Kier alpha value is -3.20. The van der Waals surface area contributed by atoms with Crippen LogP contribution in [0.25, 0.3) is 0 Å². The summed E-state index contributed by atoms with van der Waals surface area (Å²) in [7, 11) is 0. The van der Waals surface area contributed by atoms with Crippen LogP contribution in [0.2, 0.25) is 0 Å². The Morgan fingerprint density at radius 1 is 1.00 bits per heavy atom. The number of urea groups is 1. The maximum Gasteiger partial charge on any atom is 0.322 e. The van der Waals surface area contributed by atoms with Crippen LogP contribution in [0, 0.1) is 0 Å². The van der Waals surface area contributed by atoms with Crippen LogP contribution in [-0.2, 0) is 4.79 Å². The van der Waals surface area contributed by atoms with Gasteiger partial charge in [0.2, 0.25) is 0 Å². The second kappa shape index (κ2) is 7.91. The average Bonchev–Trinajstić information content (AvgIpc) is 3.00. The minimum absolute atomic E-state index is 0.187. The van der Waals surface area contributed by atoms with Gasteiger partial charge in [-0.1, -0.05) is 28.1 Å². The van der Waals surface area contributed by atoms with Crippen LogP contribution in [0.4, 0.5) is 10.5 Å². The van der Waals surface area contributed by atoms with E-state index in [9.17, 15) is 19.2 Å². The summed E-state index contributed by atoms with van der Waals surface area (Å²) in [6.07, 6.45) is 0.714. The Bertz CT molecular complexity index is 1050. The van der Waals surface area contributed by atoms with E-state index in [2.05, 4.69) is 31.9 Å². The van der Waals surface area contributed by atoms with Gasteiger partial charge in [0.15, 0.2) is 0 Å². The Kier molecular flexibility index (Phi) is 5.29. The summed E-state index contributed by atoms with van der Waals surface area (Å²) in [5, 5.41) is 7.74. The number of halogens is 1. The van der Waals surface area contributed by atoms with Crippen molar-refractivity contribution in [2.24, 2.45) is 0 Å². The van der Waals surface area contributed by atoms with Gasteiger partial charge in [0.05, 0.1) is 0 Å². The SMILES string of the molecule is O=C1NC(=O)C2(CCN(C(=O)c3cccc(NC(=O)c4cccc(Br)c4)c3)CC2)N1. The van der Waals surface area contributed by atoms with Crippen molar-refractivity contribution in [3.63, 3.8) is 0 Å². The monoisotopic (exact) mass is 470 g/mol. The normalized spacial score (nSPS) is 17.4. The van der Waals surface area contributed by atoms with Crippen LogP contribution in [-0.4, -0.2) is 47.3 Å². The van der Waals surface area contributed by atoms with Gasteiger partial charge in [-0.2, -0.15) is 0 Å². The fraction of sp³-hybridized carbons (Fsp3) is 0.238. The van der Waals surface area contributed by atoms with E-state index in [1.54, 1.807) is 47.4 Å². The van der Waals surface area contributed by atoms with Crippen LogP contribution < -0.4 is 16.0 Å². The number of benzene rings is 2. The highest BCUT2D eigenvalue weighted by Gasteiger charge is 2.48. The van der Waals surface area contributed by atoms with Gasteiger partial charge in [0.25, 0.3) is 17.7 Å². The number of nitrogens with one attached hydrogen (secondary N) is 3. The number of carbonyl (C=O) groups is 4. The number of anilines is 1. The van der Waals surface area contributed by atoms with Crippen LogP contribution in [0.15, 0.2) is 53.0 Å². The Morgan fingerprint density at radius 3 is 2.37 bits per heavy atom. The maximum absolute atomic E-state index is 12.9. The third-order valence-corrected chi connectivity index (χ3v) is 5.87. The van der Waals surface area contributed by atoms with E-state index < -0.39 is 11.6 Å². The summed E-state index contributed by atoms with van der Waals surface area (Å²) in [6, 6.07) is 13.3. The predicted octanol–water partition coefficient (Wildman–Crippen LogP) is 2.52. The molecule has 2 aromatic carbocycles. The van der Waals surface area contributed by atoms with Crippen molar-refractivity contribution in [3.05, 3.63) is 64.1 Å². The molecule has 8 nitrogen and oxygen atoms in total. The first-order valence-corrected chi connectivity index (χ1v) is 10.3. The van der Waals surface area contributed by atoms with E-state index in [4.69, 9.17) is 0 Å². The number of nitrogens with zero attached hydrogens (tertiary/aromatic N) is 1. The van der Waals surface area contributed by atoms with Gasteiger partial charge >= 0.3 is 6.03 Å². The number of piperidine rings is 1. The molecule has 1 spiro atoms. The summed E-state index contributed by atoms with van der Waals surface area (Å²) in [4.78, 5) is 50.5. The highest BCUT2D eigenvalue weighted by atomic mass is 79.9. The summed E-state index contributed by atoms with van der Waals surface area (Å²) in [5.74, 6) is -0.797. The number of carbonyl (C=O) groups excluding carboxylic acids is 4. The molecule has 0 aromatic heterocycles. The van der Waals surface area contributed by atoms with Crippen molar-refractivity contribution in [1.29, 1.82) is 0 Å². The van der Waals surface area contributed by atoms with Gasteiger partial charge in [0, 0.05) is 34.4 Å². The molecule has 0 atom stereocenters. The topological polar surface area (TPSA) is 108 Å². The average molecular weight is 471 g/mol. The van der Waals surface area contributed by atoms with Gasteiger partial charge in [-0.3, -0.25) is 19.7 Å². The molecule has 2 aromatic rings. The Balaban J connectivity index is 1.43. The molecule has 0 saturated carbocycles. The smallest absolute Gasteiger partial charge is 0.322 e. The van der Waals surface area contributed by atoms with E-state index in [-0.39, 0.29) is 17.7 Å². The molecule has 3 N–H and O–H groups in total. The van der Waals surface area contributed by atoms with Gasteiger partial charge in [-0.25, -0.2) is 4.79 Å². The Labute approximate surface area is 181 Å². The van der Waals surface area contributed by atoms with E-state index in [1.807, 2.05) is 6.07 Å². The summed E-state index contributed by atoms with van der Waals surface area (Å²) >= 11 is 3.34. The molecule has 154 valence electrons. The first-order valence-electron chi connectivity index (χ1n) is 9.46. The first kappa shape index (κ1) is 20.1. The van der Waals surface area contributed by atoms with Crippen molar-refractivity contribution in [1.82, 2.24) is 15.5 Å². The standard InChI is InChI=1S/C21H19BrN4O4/c22-15-5-1-3-13(11-15)17(27)23-16-6-2-4-14(12-16)18(28)26-9-7-21(8-10-26)19(29)24-20(30)25-21/h1-6,11-12H,7-10H2,(H,23,27)(H2,24,25,29,30). The van der Waals surface area contributed by atoms with E-state index in [1.165, 1.54) is 0 Å². The van der Waals surface area contributed by atoms with Crippen molar-refractivity contribution in [2.45, 2.75) is 18.4 Å². The zero-order valence-electron chi connectivity index (χ0n) is 15.9. The van der Waals surface area contributed by atoms with Gasteiger partial charge < -0.3 is 15.5 Å². The van der Waals surface area contributed by atoms with Crippen molar-refractivity contribution < 1.29 is 19.2 Å². The number of hydrogen-bond acceptors (Lipinski definition) is 4. The predicted molar refractivity (Wildman–Crippen MR) is 113 cm³/mol. The second-order valence-corrected chi connectivity index (χ2v) is 8.24. The van der Waals surface area contributed by atoms with Gasteiger partial charge in [-0.05, 0) is 49.2 Å². The largest absolute Gasteiger partial charge is 0.338 e. The number of rotatable bonds is 3. The molecule has 2 saturated heterocycles. The summed E-state index contributed by atoms with van der Waals surface area (Å²) < 4.78 is 0.800. The lowest BCUT2D eigenvalue weighted by Crippen LogP contribution is -2.55. The lowest BCUT2D eigenvalue weighted by atomic mass is 9.87. The van der Waals surface area contributed by atoms with Crippen LogP contribution in [0.3, 0.4) is 0 Å². The molecule has 0 unspecified atom stereocenters. The molecule has 2 aliphatic heterocycles. The van der Waals surface area contributed by atoms with Crippen LogP contribution >= 0.6 is 15.9 Å². The number of hydrogen-bond donors (Lipinski definition) is 3. The van der Waals surface area contributed by atoms with E-state index in [0.29, 0.717) is 42.7 Å². The van der Waals surface area contributed by atoms with Crippen molar-refractivity contribution in [2.75, 3.05) is 18.4 Å². The molecule has 9 heteroatoms. The van der Waals surface area contributed by atoms with Crippen molar-refractivity contribution in [3.8, 4) is 0 Å². The van der Waals surface area contributed by atoms with Crippen molar-refractivity contribution >= 4 is 45.4 Å².